The Morgan fingerprint density at radius 1 is 1.39 bits per heavy atom. The van der Waals surface area contributed by atoms with E-state index in [2.05, 4.69) is 10.3 Å². The largest absolute Gasteiger partial charge is 0.385 e. The van der Waals surface area contributed by atoms with Gasteiger partial charge >= 0.3 is 0 Å². The number of pyridine rings is 1. The molecule has 6 heteroatoms. The summed E-state index contributed by atoms with van der Waals surface area (Å²) in [5.74, 6) is -0.592. The second kappa shape index (κ2) is 6.44. The molecule has 1 aliphatic heterocycles. The zero-order chi connectivity index (χ0) is 16.4. The summed E-state index contributed by atoms with van der Waals surface area (Å²) in [6.45, 7) is 0.833. The van der Waals surface area contributed by atoms with Gasteiger partial charge in [-0.05, 0) is 36.4 Å². The Balaban J connectivity index is 1.70. The van der Waals surface area contributed by atoms with E-state index in [4.69, 9.17) is 0 Å². The van der Waals surface area contributed by atoms with E-state index in [9.17, 15) is 14.3 Å². The lowest BCUT2D eigenvalue weighted by molar-refractivity contribution is -0.131. The van der Waals surface area contributed by atoms with Crippen molar-refractivity contribution in [2.24, 2.45) is 0 Å². The number of halogens is 1. The van der Waals surface area contributed by atoms with Gasteiger partial charge in [0.15, 0.2) is 0 Å². The fraction of sp³-hybridized carbons (Fsp3) is 0.294. The smallest absolute Gasteiger partial charge is 0.240 e. The van der Waals surface area contributed by atoms with Crippen molar-refractivity contribution in [3.8, 4) is 0 Å². The topological polar surface area (TPSA) is 65.5 Å². The van der Waals surface area contributed by atoms with Crippen LogP contribution in [0.2, 0.25) is 0 Å². The highest BCUT2D eigenvalue weighted by Crippen LogP contribution is 2.29. The highest BCUT2D eigenvalue weighted by molar-refractivity contribution is 5.82. The number of aliphatic hydroxyl groups excluding tert-OH is 1. The fourth-order valence-corrected chi connectivity index (χ4v) is 2.85. The van der Waals surface area contributed by atoms with E-state index in [0.717, 1.165) is 11.1 Å². The summed E-state index contributed by atoms with van der Waals surface area (Å²) in [6.07, 6.45) is 0.638. The van der Waals surface area contributed by atoms with Crippen LogP contribution in [0.5, 0.6) is 0 Å². The molecule has 0 fully saturated rings. The summed E-state index contributed by atoms with van der Waals surface area (Å²) in [4.78, 5) is 18.5. The molecule has 0 saturated carbocycles. The molecule has 0 radical (unpaired) electrons. The van der Waals surface area contributed by atoms with E-state index in [1.807, 2.05) is 12.1 Å². The number of aromatic nitrogens is 1. The number of likely N-dealkylation sites (N-methyl/N-ethyl adjacent to an activating group) is 1. The third-order valence-corrected chi connectivity index (χ3v) is 4.05. The molecule has 2 atom stereocenters. The third kappa shape index (κ3) is 3.23. The van der Waals surface area contributed by atoms with Gasteiger partial charge in [-0.3, -0.25) is 14.7 Å². The molecular weight excluding hydrogens is 297 g/mol. The maximum absolute atomic E-state index is 12.9. The van der Waals surface area contributed by atoms with E-state index in [-0.39, 0.29) is 18.3 Å². The molecule has 0 aliphatic carbocycles. The Kier molecular flexibility index (Phi) is 4.36. The number of nitrogens with zero attached hydrogens (tertiary/aromatic N) is 2. The Hall–Kier alpha value is -2.31. The van der Waals surface area contributed by atoms with Crippen LogP contribution in [0.1, 0.15) is 22.9 Å². The standard InChI is InChI=1S/C17H18FN3O2/c1-21-10-12-3-2-8-19-14(12)16(22)15(21)17(23)20-9-11-4-6-13(18)7-5-11/h2-8,15-16,22H,9-10H2,1H3,(H,20,23). The molecule has 1 amide bonds. The minimum atomic E-state index is -0.974. The van der Waals surface area contributed by atoms with Crippen LogP contribution in [-0.4, -0.2) is 34.0 Å². The molecule has 0 saturated heterocycles. The van der Waals surface area contributed by atoms with E-state index in [1.54, 1.807) is 30.3 Å². The van der Waals surface area contributed by atoms with Crippen LogP contribution in [0.3, 0.4) is 0 Å². The number of carbonyl (C=O) groups is 1. The molecule has 23 heavy (non-hydrogen) atoms. The Labute approximate surface area is 133 Å². The molecule has 120 valence electrons. The van der Waals surface area contributed by atoms with Crippen LogP contribution in [0.4, 0.5) is 4.39 Å². The summed E-state index contributed by atoms with van der Waals surface area (Å²) in [7, 11) is 1.79. The molecule has 5 nitrogen and oxygen atoms in total. The second-order valence-corrected chi connectivity index (χ2v) is 5.70. The monoisotopic (exact) mass is 315 g/mol. The van der Waals surface area contributed by atoms with Gasteiger partial charge in [0, 0.05) is 19.3 Å². The molecule has 1 aromatic carbocycles. The van der Waals surface area contributed by atoms with Crippen molar-refractivity contribution in [2.45, 2.75) is 25.2 Å². The third-order valence-electron chi connectivity index (χ3n) is 4.05. The van der Waals surface area contributed by atoms with Crippen molar-refractivity contribution in [2.75, 3.05) is 7.05 Å². The molecule has 0 bridgehead atoms. The lowest BCUT2D eigenvalue weighted by Gasteiger charge is -2.36. The van der Waals surface area contributed by atoms with E-state index in [0.29, 0.717) is 12.2 Å². The van der Waals surface area contributed by atoms with E-state index < -0.39 is 12.1 Å². The average Bonchev–Trinajstić information content (AvgIpc) is 2.54. The molecule has 1 aromatic heterocycles. The first kappa shape index (κ1) is 15.6. The number of carbonyl (C=O) groups excluding carboxylic acids is 1. The van der Waals surface area contributed by atoms with Crippen molar-refractivity contribution < 1.29 is 14.3 Å². The number of aliphatic hydroxyl groups is 1. The minimum absolute atomic E-state index is 0.277. The van der Waals surface area contributed by atoms with Crippen molar-refractivity contribution in [3.63, 3.8) is 0 Å². The van der Waals surface area contributed by atoms with Gasteiger partial charge in [0.1, 0.15) is 18.0 Å². The first-order valence-corrected chi connectivity index (χ1v) is 7.40. The molecular formula is C17H18FN3O2. The minimum Gasteiger partial charge on any atom is -0.385 e. The van der Waals surface area contributed by atoms with Crippen LogP contribution >= 0.6 is 0 Å². The Morgan fingerprint density at radius 2 is 2.13 bits per heavy atom. The predicted octanol–water partition coefficient (Wildman–Crippen LogP) is 1.38. The van der Waals surface area contributed by atoms with Crippen LogP contribution in [0.25, 0.3) is 0 Å². The summed E-state index contributed by atoms with van der Waals surface area (Å²) < 4.78 is 12.9. The quantitative estimate of drug-likeness (QED) is 0.898. The van der Waals surface area contributed by atoms with Gasteiger partial charge in [-0.1, -0.05) is 18.2 Å². The van der Waals surface area contributed by atoms with Crippen LogP contribution in [0, 0.1) is 5.82 Å². The summed E-state index contributed by atoms with van der Waals surface area (Å²) >= 11 is 0. The number of hydrogen-bond acceptors (Lipinski definition) is 4. The van der Waals surface area contributed by atoms with Gasteiger partial charge < -0.3 is 10.4 Å². The lowest BCUT2D eigenvalue weighted by Crippen LogP contribution is -2.51. The van der Waals surface area contributed by atoms with Gasteiger partial charge in [-0.2, -0.15) is 0 Å². The first-order chi connectivity index (χ1) is 11.1. The van der Waals surface area contributed by atoms with Crippen molar-refractivity contribution >= 4 is 5.91 Å². The van der Waals surface area contributed by atoms with Crippen molar-refractivity contribution in [3.05, 3.63) is 65.2 Å². The second-order valence-electron chi connectivity index (χ2n) is 5.70. The SMILES string of the molecule is CN1Cc2cccnc2C(O)C1C(=O)NCc1ccc(F)cc1. The summed E-state index contributed by atoms with van der Waals surface area (Å²) in [5, 5.41) is 13.3. The van der Waals surface area contributed by atoms with Crippen LogP contribution < -0.4 is 5.32 Å². The van der Waals surface area contributed by atoms with Gasteiger partial charge in [0.05, 0.1) is 5.69 Å². The number of benzene rings is 1. The lowest BCUT2D eigenvalue weighted by atomic mass is 9.95. The highest BCUT2D eigenvalue weighted by atomic mass is 19.1. The number of hydrogen-bond donors (Lipinski definition) is 2. The molecule has 1 aliphatic rings. The zero-order valence-electron chi connectivity index (χ0n) is 12.7. The molecule has 2 aromatic rings. The van der Waals surface area contributed by atoms with E-state index >= 15 is 0 Å². The summed E-state index contributed by atoms with van der Waals surface area (Å²) in [5.41, 5.74) is 2.27. The maximum Gasteiger partial charge on any atom is 0.240 e. The normalized spacial score (nSPS) is 20.8. The van der Waals surface area contributed by atoms with Gasteiger partial charge in [0.2, 0.25) is 5.91 Å². The number of fused-ring (bicyclic) bond motifs is 1. The van der Waals surface area contributed by atoms with Crippen LogP contribution in [0.15, 0.2) is 42.6 Å². The number of rotatable bonds is 3. The number of amides is 1. The zero-order valence-corrected chi connectivity index (χ0v) is 12.7. The molecule has 0 spiro atoms. The van der Waals surface area contributed by atoms with Crippen LogP contribution in [-0.2, 0) is 17.9 Å². The van der Waals surface area contributed by atoms with Crippen molar-refractivity contribution in [1.82, 2.24) is 15.2 Å². The predicted molar refractivity (Wildman–Crippen MR) is 82.7 cm³/mol. The fourth-order valence-electron chi connectivity index (χ4n) is 2.85. The van der Waals surface area contributed by atoms with Gasteiger partial charge in [0.25, 0.3) is 0 Å². The summed E-state index contributed by atoms with van der Waals surface area (Å²) in [6, 6.07) is 8.95. The molecule has 2 heterocycles. The maximum atomic E-state index is 12.9. The molecule has 3 rings (SSSR count). The molecule has 2 unspecified atom stereocenters. The van der Waals surface area contributed by atoms with E-state index in [1.165, 1.54) is 12.1 Å². The average molecular weight is 315 g/mol. The highest BCUT2D eigenvalue weighted by Gasteiger charge is 2.37. The Morgan fingerprint density at radius 3 is 2.87 bits per heavy atom. The van der Waals surface area contributed by atoms with Crippen molar-refractivity contribution in [1.29, 1.82) is 0 Å². The molecule has 2 N–H and O–H groups in total. The van der Waals surface area contributed by atoms with Gasteiger partial charge in [-0.25, -0.2) is 4.39 Å². The Bertz CT molecular complexity index is 705. The first-order valence-electron chi connectivity index (χ1n) is 7.40. The number of nitrogens with one attached hydrogen (secondary N) is 1. The van der Waals surface area contributed by atoms with Gasteiger partial charge in [-0.15, -0.1) is 0 Å².